The highest BCUT2D eigenvalue weighted by molar-refractivity contribution is 5.95. The van der Waals surface area contributed by atoms with Gasteiger partial charge in [-0.05, 0) is 47.5 Å². The van der Waals surface area contributed by atoms with Gasteiger partial charge < -0.3 is 25.0 Å². The normalized spacial score (nSPS) is 14.0. The van der Waals surface area contributed by atoms with Gasteiger partial charge in [0.05, 0.1) is 7.11 Å². The zero-order chi connectivity index (χ0) is 22.4. The molecule has 0 saturated heterocycles. The van der Waals surface area contributed by atoms with Gasteiger partial charge in [0, 0.05) is 7.05 Å². The largest absolute Gasteiger partial charge is 0.467 e. The number of hydrogen-bond donors (Lipinski definition) is 2. The molecule has 0 bridgehead atoms. The lowest BCUT2D eigenvalue weighted by atomic mass is 9.98. The number of amides is 3. The van der Waals surface area contributed by atoms with Crippen molar-refractivity contribution >= 4 is 23.9 Å². The molecule has 0 aliphatic rings. The van der Waals surface area contributed by atoms with E-state index in [-0.39, 0.29) is 5.92 Å². The summed E-state index contributed by atoms with van der Waals surface area (Å²) in [6, 6.07) is -1.71. The van der Waals surface area contributed by atoms with Gasteiger partial charge in [-0.2, -0.15) is 0 Å². The molecule has 162 valence electrons. The molecule has 0 fully saturated rings. The van der Waals surface area contributed by atoms with Crippen molar-refractivity contribution in [3.05, 3.63) is 0 Å². The molecule has 0 radical (unpaired) electrons. The zero-order valence-corrected chi connectivity index (χ0v) is 18.6. The van der Waals surface area contributed by atoms with E-state index in [1.54, 1.807) is 34.6 Å². The molecule has 0 aromatic carbocycles. The van der Waals surface area contributed by atoms with Gasteiger partial charge >= 0.3 is 12.1 Å². The van der Waals surface area contributed by atoms with Gasteiger partial charge in [-0.1, -0.05) is 13.8 Å². The Morgan fingerprint density at radius 1 is 0.964 bits per heavy atom. The lowest BCUT2D eigenvalue weighted by molar-refractivity contribution is -0.153. The first-order chi connectivity index (χ1) is 12.5. The van der Waals surface area contributed by atoms with Crippen LogP contribution in [-0.4, -0.2) is 66.2 Å². The number of ether oxygens (including phenoxy) is 2. The van der Waals surface area contributed by atoms with Crippen molar-refractivity contribution in [1.29, 1.82) is 0 Å². The van der Waals surface area contributed by atoms with Crippen molar-refractivity contribution in [1.82, 2.24) is 15.5 Å². The summed E-state index contributed by atoms with van der Waals surface area (Å²) in [4.78, 5) is 50.4. The third-order valence-electron chi connectivity index (χ3n) is 4.04. The van der Waals surface area contributed by atoms with Crippen molar-refractivity contribution in [2.75, 3.05) is 14.2 Å². The molecule has 0 saturated carbocycles. The van der Waals surface area contributed by atoms with Gasteiger partial charge in [-0.15, -0.1) is 0 Å². The van der Waals surface area contributed by atoms with E-state index in [1.807, 2.05) is 0 Å². The molecule has 2 atom stereocenters. The highest BCUT2D eigenvalue weighted by Crippen LogP contribution is 2.13. The number of alkyl carbamates (subject to hydrolysis) is 1. The summed E-state index contributed by atoms with van der Waals surface area (Å²) in [5.74, 6) is -1.81. The molecule has 0 aliphatic carbocycles. The van der Waals surface area contributed by atoms with Crippen LogP contribution in [-0.2, 0) is 23.9 Å². The van der Waals surface area contributed by atoms with Crippen LogP contribution in [0.25, 0.3) is 0 Å². The zero-order valence-electron chi connectivity index (χ0n) is 18.6. The number of esters is 1. The Bertz CT molecular complexity index is 595. The van der Waals surface area contributed by atoms with E-state index in [9.17, 15) is 19.2 Å². The monoisotopic (exact) mass is 401 g/mol. The Labute approximate surface area is 167 Å². The number of carbonyl (C=O) groups is 4. The topological polar surface area (TPSA) is 114 Å². The molecule has 0 unspecified atom stereocenters. The van der Waals surface area contributed by atoms with E-state index >= 15 is 0 Å². The van der Waals surface area contributed by atoms with Crippen molar-refractivity contribution in [2.24, 2.45) is 5.92 Å². The second-order valence-corrected chi connectivity index (χ2v) is 8.60. The molecule has 2 N–H and O–H groups in total. The quantitative estimate of drug-likeness (QED) is 0.624. The molecular weight excluding hydrogens is 366 g/mol. The Balaban J connectivity index is 5.25. The fourth-order valence-electron chi connectivity index (χ4n) is 2.35. The van der Waals surface area contributed by atoms with Crippen molar-refractivity contribution in [3.63, 3.8) is 0 Å². The minimum atomic E-state index is -1.31. The Kier molecular flexibility index (Phi) is 8.94. The van der Waals surface area contributed by atoms with Gasteiger partial charge in [0.1, 0.15) is 23.2 Å². The van der Waals surface area contributed by atoms with Crippen molar-refractivity contribution < 1.29 is 28.7 Å². The van der Waals surface area contributed by atoms with Crippen LogP contribution in [0, 0.1) is 5.92 Å². The molecule has 0 rings (SSSR count). The average Bonchev–Trinajstić information content (AvgIpc) is 2.54. The minimum Gasteiger partial charge on any atom is -0.467 e. The number of likely N-dealkylation sites (N-methyl/N-ethyl adjacent to an activating group) is 1. The smallest absolute Gasteiger partial charge is 0.408 e. The second-order valence-electron chi connectivity index (χ2n) is 8.60. The van der Waals surface area contributed by atoms with Gasteiger partial charge in [-0.25, -0.2) is 9.59 Å². The summed E-state index contributed by atoms with van der Waals surface area (Å²) in [5, 5.41) is 5.19. The fourth-order valence-corrected chi connectivity index (χ4v) is 2.35. The van der Waals surface area contributed by atoms with Crippen LogP contribution < -0.4 is 10.6 Å². The standard InChI is InChI=1S/C19H35N3O6/c1-11(2)13(20-17(26)28-18(4,5)6)14(23)21-19(7,8)16(25)22(9)12(3)15(24)27-10/h11-13H,1-10H3,(H,20,26)(H,21,23)/t12-,13-/m0/s1. The van der Waals surface area contributed by atoms with Crippen LogP contribution in [0.15, 0.2) is 0 Å². The Morgan fingerprint density at radius 2 is 1.46 bits per heavy atom. The second kappa shape index (κ2) is 9.75. The van der Waals surface area contributed by atoms with Gasteiger partial charge in [0.15, 0.2) is 0 Å². The maximum Gasteiger partial charge on any atom is 0.408 e. The molecule has 0 aromatic rings. The summed E-state index contributed by atoms with van der Waals surface area (Å²) < 4.78 is 9.85. The predicted octanol–water partition coefficient (Wildman–Crippen LogP) is 1.45. The summed E-state index contributed by atoms with van der Waals surface area (Å²) in [5.41, 5.74) is -2.01. The predicted molar refractivity (Wildman–Crippen MR) is 104 cm³/mol. The Hall–Kier alpha value is -2.32. The number of nitrogens with zero attached hydrogens (tertiary/aromatic N) is 1. The summed E-state index contributed by atoms with van der Waals surface area (Å²) in [7, 11) is 2.69. The van der Waals surface area contributed by atoms with Crippen LogP contribution in [0.5, 0.6) is 0 Å². The molecule has 9 nitrogen and oxygen atoms in total. The van der Waals surface area contributed by atoms with Gasteiger partial charge in [0.2, 0.25) is 11.8 Å². The number of methoxy groups -OCH3 is 1. The number of rotatable bonds is 7. The molecule has 28 heavy (non-hydrogen) atoms. The highest BCUT2D eigenvalue weighted by Gasteiger charge is 2.38. The molecule has 0 aromatic heterocycles. The van der Waals surface area contributed by atoms with Crippen LogP contribution in [0.2, 0.25) is 0 Å². The highest BCUT2D eigenvalue weighted by atomic mass is 16.6. The summed E-state index contributed by atoms with van der Waals surface area (Å²) >= 11 is 0. The molecule has 0 spiro atoms. The SMILES string of the molecule is COC(=O)[C@H](C)N(C)C(=O)C(C)(C)NC(=O)[C@@H](NC(=O)OC(C)(C)C)C(C)C. The van der Waals surface area contributed by atoms with Crippen molar-refractivity contribution in [2.45, 2.75) is 78.6 Å². The molecule has 3 amide bonds. The van der Waals surface area contributed by atoms with Crippen LogP contribution >= 0.6 is 0 Å². The molecule has 0 aliphatic heterocycles. The first kappa shape index (κ1) is 25.7. The van der Waals surface area contributed by atoms with Crippen LogP contribution in [0.3, 0.4) is 0 Å². The average molecular weight is 402 g/mol. The van der Waals surface area contributed by atoms with E-state index in [2.05, 4.69) is 15.4 Å². The molecule has 0 heterocycles. The first-order valence-corrected chi connectivity index (χ1v) is 9.20. The van der Waals surface area contributed by atoms with E-state index < -0.39 is 47.1 Å². The maximum absolute atomic E-state index is 12.8. The lowest BCUT2D eigenvalue weighted by Gasteiger charge is -2.34. The van der Waals surface area contributed by atoms with Gasteiger partial charge in [-0.3, -0.25) is 9.59 Å². The van der Waals surface area contributed by atoms with Crippen LogP contribution in [0.1, 0.15) is 55.4 Å². The first-order valence-electron chi connectivity index (χ1n) is 9.20. The lowest BCUT2D eigenvalue weighted by Crippen LogP contribution is -2.61. The summed E-state index contributed by atoms with van der Waals surface area (Å²) in [6.45, 7) is 13.3. The number of carbonyl (C=O) groups excluding carboxylic acids is 4. The third-order valence-corrected chi connectivity index (χ3v) is 4.04. The number of hydrogen-bond acceptors (Lipinski definition) is 6. The van der Waals surface area contributed by atoms with E-state index in [0.29, 0.717) is 0 Å². The maximum atomic E-state index is 12.8. The van der Waals surface area contributed by atoms with Crippen LogP contribution in [0.4, 0.5) is 4.79 Å². The molecule has 9 heteroatoms. The third kappa shape index (κ3) is 7.74. The number of nitrogens with one attached hydrogen (secondary N) is 2. The van der Waals surface area contributed by atoms with E-state index in [1.165, 1.54) is 39.8 Å². The van der Waals surface area contributed by atoms with E-state index in [0.717, 1.165) is 0 Å². The van der Waals surface area contributed by atoms with E-state index in [4.69, 9.17) is 4.74 Å². The molecular formula is C19H35N3O6. The summed E-state index contributed by atoms with van der Waals surface area (Å²) in [6.07, 6.45) is -0.720. The van der Waals surface area contributed by atoms with Crippen molar-refractivity contribution in [3.8, 4) is 0 Å². The van der Waals surface area contributed by atoms with Gasteiger partial charge in [0.25, 0.3) is 0 Å². The minimum absolute atomic E-state index is 0.245. The fraction of sp³-hybridized carbons (Fsp3) is 0.789. The Morgan fingerprint density at radius 3 is 1.86 bits per heavy atom.